The van der Waals surface area contributed by atoms with Gasteiger partial charge in [-0.15, -0.1) is 0 Å². The van der Waals surface area contributed by atoms with Crippen LogP contribution in [0.2, 0.25) is 0 Å². The van der Waals surface area contributed by atoms with Crippen molar-refractivity contribution in [1.29, 1.82) is 5.41 Å². The number of hydrazine groups is 1. The third-order valence-corrected chi connectivity index (χ3v) is 9.18. The highest BCUT2D eigenvalue weighted by atomic mass is 15.5. The van der Waals surface area contributed by atoms with Crippen molar-refractivity contribution in [2.45, 2.75) is 88.1 Å². The van der Waals surface area contributed by atoms with Gasteiger partial charge >= 0.3 is 0 Å². The molecule has 0 aromatic rings. The molecule has 8 aliphatic rings. The lowest BCUT2D eigenvalue weighted by molar-refractivity contribution is -0.0673. The number of nitrogens with two attached hydrogens (primary N) is 1. The molecule has 25 heavy (non-hydrogen) atoms. The number of guanidine groups is 1. The summed E-state index contributed by atoms with van der Waals surface area (Å²) in [7, 11) is 0. The van der Waals surface area contributed by atoms with E-state index in [0.29, 0.717) is 5.96 Å². The summed E-state index contributed by atoms with van der Waals surface area (Å²) in [5, 5.41) is 14.5. The van der Waals surface area contributed by atoms with Gasteiger partial charge in [-0.1, -0.05) is 0 Å². The van der Waals surface area contributed by atoms with Crippen molar-refractivity contribution >= 4 is 5.96 Å². The summed E-state index contributed by atoms with van der Waals surface area (Å²) in [5.74, 6) is 12.6. The van der Waals surface area contributed by atoms with Crippen LogP contribution in [0.25, 0.3) is 0 Å². The van der Waals surface area contributed by atoms with Crippen molar-refractivity contribution in [3.05, 3.63) is 0 Å². The Hall–Kier alpha value is -0.770. The smallest absolute Gasteiger partial charge is 0.206 e. The minimum Gasteiger partial charge on any atom is -0.350 e. The van der Waals surface area contributed by atoms with E-state index >= 15 is 0 Å². The van der Waals surface area contributed by atoms with Gasteiger partial charge in [-0.3, -0.25) is 10.4 Å². The number of hydrogen-bond acceptors (Lipinski definition) is 2. The second-order valence-electron chi connectivity index (χ2n) is 11.2. The molecular weight excluding hydrogens is 308 g/mol. The van der Waals surface area contributed by atoms with Gasteiger partial charge in [0.05, 0.1) is 5.54 Å². The Balaban J connectivity index is 1.21. The Labute approximate surface area is 151 Å². The zero-order valence-electron chi connectivity index (χ0n) is 15.5. The van der Waals surface area contributed by atoms with Crippen LogP contribution < -0.4 is 11.2 Å². The molecule has 8 rings (SSSR count). The highest BCUT2D eigenvalue weighted by Crippen LogP contribution is 2.58. The van der Waals surface area contributed by atoms with E-state index in [4.69, 9.17) is 11.3 Å². The Morgan fingerprint density at radius 1 is 0.720 bits per heavy atom. The molecule has 8 aliphatic carbocycles. The summed E-state index contributed by atoms with van der Waals surface area (Å²) in [6.45, 7) is 0. The molecule has 8 saturated carbocycles. The maximum Gasteiger partial charge on any atom is 0.206 e. The first-order chi connectivity index (χ1) is 12.0. The third kappa shape index (κ3) is 2.25. The average Bonchev–Trinajstić information content (AvgIpc) is 2.51. The highest BCUT2D eigenvalue weighted by molar-refractivity contribution is 5.78. The second kappa shape index (κ2) is 4.94. The monoisotopic (exact) mass is 342 g/mol. The van der Waals surface area contributed by atoms with Crippen molar-refractivity contribution in [3.8, 4) is 0 Å². The molecule has 4 N–H and O–H groups in total. The van der Waals surface area contributed by atoms with Crippen molar-refractivity contribution in [2.24, 2.45) is 41.4 Å². The summed E-state index contributed by atoms with van der Waals surface area (Å²) in [6.07, 6.45) is 16.2. The minimum absolute atomic E-state index is 0.0983. The zero-order chi connectivity index (χ0) is 16.8. The van der Waals surface area contributed by atoms with Gasteiger partial charge in [0, 0.05) is 5.54 Å². The van der Waals surface area contributed by atoms with Gasteiger partial charge in [-0.25, -0.2) is 5.84 Å². The largest absolute Gasteiger partial charge is 0.350 e. The molecule has 0 radical (unpaired) electrons. The number of nitrogens with one attached hydrogen (secondary N) is 2. The van der Waals surface area contributed by atoms with Crippen LogP contribution in [0.1, 0.15) is 77.0 Å². The molecule has 0 aromatic heterocycles. The molecule has 4 heteroatoms. The number of rotatable bonds is 2. The molecule has 0 heterocycles. The molecule has 4 nitrogen and oxygen atoms in total. The van der Waals surface area contributed by atoms with Gasteiger partial charge in [0.25, 0.3) is 0 Å². The molecule has 0 spiro atoms. The van der Waals surface area contributed by atoms with Crippen molar-refractivity contribution < 1.29 is 0 Å². The van der Waals surface area contributed by atoms with Gasteiger partial charge in [0.15, 0.2) is 0 Å². The van der Waals surface area contributed by atoms with E-state index in [1.165, 1.54) is 77.0 Å². The topological polar surface area (TPSA) is 65.1 Å². The van der Waals surface area contributed by atoms with Crippen molar-refractivity contribution in [2.75, 3.05) is 0 Å². The minimum atomic E-state index is 0.0983. The fraction of sp³-hybridized carbons (Fsp3) is 0.952. The summed E-state index contributed by atoms with van der Waals surface area (Å²) < 4.78 is 0. The van der Waals surface area contributed by atoms with E-state index in [0.717, 1.165) is 35.5 Å². The Bertz CT molecular complexity index is 526. The van der Waals surface area contributed by atoms with Crippen molar-refractivity contribution in [3.63, 3.8) is 0 Å². The van der Waals surface area contributed by atoms with E-state index < -0.39 is 0 Å². The third-order valence-electron chi connectivity index (χ3n) is 9.18. The van der Waals surface area contributed by atoms with E-state index in [2.05, 4.69) is 5.32 Å². The van der Waals surface area contributed by atoms with Crippen LogP contribution in [0.5, 0.6) is 0 Å². The zero-order valence-corrected chi connectivity index (χ0v) is 15.5. The van der Waals surface area contributed by atoms with Crippen LogP contribution in [-0.2, 0) is 0 Å². The Morgan fingerprint density at radius 3 is 1.48 bits per heavy atom. The van der Waals surface area contributed by atoms with Crippen LogP contribution >= 0.6 is 0 Å². The van der Waals surface area contributed by atoms with Crippen LogP contribution in [0, 0.1) is 40.9 Å². The van der Waals surface area contributed by atoms with Crippen LogP contribution in [0.3, 0.4) is 0 Å². The SMILES string of the molecule is N=C(NC12CC3CC(CC(C3)C1)C2)N(N)C12CC3CC(CC(C3)C1)C2. The summed E-state index contributed by atoms with van der Waals surface area (Å²) in [4.78, 5) is 0. The molecule has 138 valence electrons. The predicted molar refractivity (Wildman–Crippen MR) is 98.7 cm³/mol. The lowest BCUT2D eigenvalue weighted by Crippen LogP contribution is -2.69. The fourth-order valence-electron chi connectivity index (χ4n) is 9.17. The fourth-order valence-corrected chi connectivity index (χ4v) is 9.17. The molecule has 0 aliphatic heterocycles. The van der Waals surface area contributed by atoms with E-state index in [9.17, 15) is 0 Å². The molecule has 8 fully saturated rings. The number of nitrogens with zero attached hydrogens (tertiary/aromatic N) is 1. The molecular formula is C21H34N4. The van der Waals surface area contributed by atoms with E-state index in [-0.39, 0.29) is 11.1 Å². The first kappa shape index (κ1) is 15.3. The molecule has 0 atom stereocenters. The van der Waals surface area contributed by atoms with Gasteiger partial charge in [-0.2, -0.15) is 0 Å². The molecule has 0 unspecified atom stereocenters. The lowest BCUT2D eigenvalue weighted by Gasteiger charge is -2.61. The molecule has 0 saturated heterocycles. The predicted octanol–water partition coefficient (Wildman–Crippen LogP) is 3.62. The summed E-state index contributed by atoms with van der Waals surface area (Å²) in [6, 6.07) is 0. The van der Waals surface area contributed by atoms with Gasteiger partial charge in [0.2, 0.25) is 5.96 Å². The molecule has 8 bridgehead atoms. The Morgan fingerprint density at radius 2 is 1.08 bits per heavy atom. The first-order valence-electron chi connectivity index (χ1n) is 10.9. The lowest BCUT2D eigenvalue weighted by atomic mass is 9.52. The molecule has 0 amide bonds. The average molecular weight is 343 g/mol. The first-order valence-corrected chi connectivity index (χ1v) is 10.9. The van der Waals surface area contributed by atoms with Crippen molar-refractivity contribution in [1.82, 2.24) is 10.3 Å². The van der Waals surface area contributed by atoms with Crippen LogP contribution in [-0.4, -0.2) is 22.0 Å². The summed E-state index contributed by atoms with van der Waals surface area (Å²) in [5.41, 5.74) is 0.298. The quantitative estimate of drug-likeness (QED) is 0.311. The van der Waals surface area contributed by atoms with Crippen LogP contribution in [0.15, 0.2) is 0 Å². The van der Waals surface area contributed by atoms with Gasteiger partial charge in [-0.05, 0) is 113 Å². The molecule has 0 aromatic carbocycles. The normalized spacial score (nSPS) is 54.8. The second-order valence-corrected chi connectivity index (χ2v) is 11.2. The van der Waals surface area contributed by atoms with Crippen LogP contribution in [0.4, 0.5) is 0 Å². The van der Waals surface area contributed by atoms with E-state index in [1.54, 1.807) is 0 Å². The number of hydrogen-bond donors (Lipinski definition) is 3. The Kier molecular flexibility index (Phi) is 3.02. The van der Waals surface area contributed by atoms with Gasteiger partial charge < -0.3 is 5.32 Å². The standard InChI is InChI=1S/C21H34N4/c22-19(24-20-7-13-1-14(8-20)3-15(2-13)9-20)25(23)21-10-16-4-17(11-21)6-18(5-16)12-21/h13-18H,1-12,23H2,(H2,22,24). The summed E-state index contributed by atoms with van der Waals surface area (Å²) >= 11 is 0. The highest BCUT2D eigenvalue weighted by Gasteiger charge is 2.55. The van der Waals surface area contributed by atoms with Gasteiger partial charge in [0.1, 0.15) is 0 Å². The van der Waals surface area contributed by atoms with E-state index in [1.807, 2.05) is 5.01 Å². The maximum absolute atomic E-state index is 8.86. The maximum atomic E-state index is 8.86.